The van der Waals surface area contributed by atoms with Crippen LogP contribution in [0.1, 0.15) is 29.3 Å². The normalized spacial score (nSPS) is 14.5. The van der Waals surface area contributed by atoms with E-state index in [1.165, 1.54) is 30.3 Å². The number of carbonyl (C=O) groups is 2. The lowest BCUT2D eigenvalue weighted by Gasteiger charge is -2.04. The molecule has 5 heteroatoms. The number of hydrogen-bond donors (Lipinski definition) is 0. The molecule has 0 bridgehead atoms. The predicted octanol–water partition coefficient (Wildman–Crippen LogP) is 3.76. The van der Waals surface area contributed by atoms with Crippen LogP contribution in [-0.2, 0) is 4.79 Å². The minimum Gasteiger partial charge on any atom is -0.452 e. The number of esters is 1. The van der Waals surface area contributed by atoms with Gasteiger partial charge in [-0.1, -0.05) is 25.1 Å². The second-order valence-corrected chi connectivity index (χ2v) is 4.95. The molecular weight excluding hydrogens is 299 g/mol. The lowest BCUT2D eigenvalue weighted by molar-refractivity contribution is -0.134. The van der Waals surface area contributed by atoms with Crippen LogP contribution in [0, 0.1) is 5.82 Å². The standard InChI is InChI=1S/C18H13FO4/c1-2-17(20)22-12-7-8-13-15(10-12)23-16(18(13)21)9-11-5-3-4-6-14(11)19/h3-10H,2H2,1H3. The molecule has 0 amide bonds. The SMILES string of the molecule is CCC(=O)Oc1ccc2c(c1)OC(=Cc1ccccc1F)C2=O. The van der Waals surface area contributed by atoms with E-state index in [1.54, 1.807) is 25.1 Å². The highest BCUT2D eigenvalue weighted by atomic mass is 19.1. The monoisotopic (exact) mass is 312 g/mol. The molecule has 0 saturated heterocycles. The van der Waals surface area contributed by atoms with Gasteiger partial charge in [0.05, 0.1) is 5.56 Å². The summed E-state index contributed by atoms with van der Waals surface area (Å²) in [5.41, 5.74) is 0.616. The number of ketones is 1. The van der Waals surface area contributed by atoms with E-state index < -0.39 is 5.82 Å². The van der Waals surface area contributed by atoms with Crippen molar-refractivity contribution in [3.05, 3.63) is 65.2 Å². The number of fused-ring (bicyclic) bond motifs is 1. The Balaban J connectivity index is 1.90. The van der Waals surface area contributed by atoms with Crippen molar-refractivity contribution in [2.75, 3.05) is 0 Å². The van der Waals surface area contributed by atoms with Crippen molar-refractivity contribution >= 4 is 17.8 Å². The van der Waals surface area contributed by atoms with Crippen molar-refractivity contribution in [1.29, 1.82) is 0 Å². The van der Waals surface area contributed by atoms with Crippen LogP contribution < -0.4 is 9.47 Å². The molecule has 23 heavy (non-hydrogen) atoms. The zero-order valence-electron chi connectivity index (χ0n) is 12.3. The summed E-state index contributed by atoms with van der Waals surface area (Å²) in [6, 6.07) is 10.6. The van der Waals surface area contributed by atoms with Gasteiger partial charge in [0.1, 0.15) is 17.3 Å². The first kappa shape index (κ1) is 15.0. The molecule has 2 aromatic rings. The maximum absolute atomic E-state index is 13.7. The summed E-state index contributed by atoms with van der Waals surface area (Å²) < 4.78 is 24.3. The summed E-state index contributed by atoms with van der Waals surface area (Å²) in [6.45, 7) is 1.69. The molecule has 2 aromatic carbocycles. The van der Waals surface area contributed by atoms with Crippen molar-refractivity contribution in [2.45, 2.75) is 13.3 Å². The summed E-state index contributed by atoms with van der Waals surface area (Å²) in [4.78, 5) is 23.6. The van der Waals surface area contributed by atoms with Crippen LogP contribution in [0.4, 0.5) is 4.39 Å². The van der Waals surface area contributed by atoms with Crippen LogP contribution >= 0.6 is 0 Å². The highest BCUT2D eigenvalue weighted by molar-refractivity contribution is 6.14. The van der Waals surface area contributed by atoms with E-state index in [0.29, 0.717) is 17.1 Å². The average molecular weight is 312 g/mol. The Morgan fingerprint density at radius 1 is 1.26 bits per heavy atom. The summed E-state index contributed by atoms with van der Waals surface area (Å²) in [5, 5.41) is 0. The fourth-order valence-electron chi connectivity index (χ4n) is 2.17. The highest BCUT2D eigenvalue weighted by Crippen LogP contribution is 2.35. The van der Waals surface area contributed by atoms with E-state index in [2.05, 4.69) is 0 Å². The van der Waals surface area contributed by atoms with Gasteiger partial charge in [0.15, 0.2) is 5.76 Å². The maximum Gasteiger partial charge on any atom is 0.310 e. The Morgan fingerprint density at radius 2 is 2.04 bits per heavy atom. The first-order chi connectivity index (χ1) is 11.1. The summed E-state index contributed by atoms with van der Waals surface area (Å²) in [7, 11) is 0. The van der Waals surface area contributed by atoms with Gasteiger partial charge >= 0.3 is 5.97 Å². The third-order valence-corrected chi connectivity index (χ3v) is 3.35. The van der Waals surface area contributed by atoms with Gasteiger partial charge in [-0.15, -0.1) is 0 Å². The molecule has 4 nitrogen and oxygen atoms in total. The van der Waals surface area contributed by atoms with Crippen molar-refractivity contribution < 1.29 is 23.5 Å². The molecule has 0 fully saturated rings. The molecule has 0 atom stereocenters. The zero-order chi connectivity index (χ0) is 16.4. The minimum atomic E-state index is -0.440. The van der Waals surface area contributed by atoms with Gasteiger partial charge in [-0.25, -0.2) is 4.39 Å². The number of carbonyl (C=O) groups excluding carboxylic acids is 2. The van der Waals surface area contributed by atoms with E-state index in [0.717, 1.165) is 0 Å². The molecular formula is C18H13FO4. The highest BCUT2D eigenvalue weighted by Gasteiger charge is 2.28. The second kappa shape index (κ2) is 6.04. The van der Waals surface area contributed by atoms with Crippen LogP contribution in [0.3, 0.4) is 0 Å². The summed E-state index contributed by atoms with van der Waals surface area (Å²) in [5.74, 6) is -0.531. The third kappa shape index (κ3) is 2.99. The Morgan fingerprint density at radius 3 is 2.78 bits per heavy atom. The van der Waals surface area contributed by atoms with E-state index in [9.17, 15) is 14.0 Å². The fraction of sp³-hybridized carbons (Fsp3) is 0.111. The number of rotatable bonds is 3. The molecule has 3 rings (SSSR count). The van der Waals surface area contributed by atoms with Gasteiger partial charge in [0.2, 0.25) is 5.78 Å². The van der Waals surface area contributed by atoms with Crippen molar-refractivity contribution in [1.82, 2.24) is 0 Å². The molecule has 0 aliphatic carbocycles. The smallest absolute Gasteiger partial charge is 0.310 e. The van der Waals surface area contributed by atoms with Crippen molar-refractivity contribution in [3.63, 3.8) is 0 Å². The molecule has 0 saturated carbocycles. The number of ether oxygens (including phenoxy) is 2. The van der Waals surface area contributed by atoms with Gasteiger partial charge < -0.3 is 9.47 Å². The number of Topliss-reactive ketones (excluding diaryl/α,β-unsaturated/α-hetero) is 1. The van der Waals surface area contributed by atoms with E-state index in [-0.39, 0.29) is 29.5 Å². The van der Waals surface area contributed by atoms with Crippen molar-refractivity contribution in [2.24, 2.45) is 0 Å². The third-order valence-electron chi connectivity index (χ3n) is 3.35. The molecule has 1 heterocycles. The van der Waals surface area contributed by atoms with Crippen LogP contribution in [0.5, 0.6) is 11.5 Å². The second-order valence-electron chi connectivity index (χ2n) is 4.95. The lowest BCUT2D eigenvalue weighted by Crippen LogP contribution is -2.05. The number of benzene rings is 2. The summed E-state index contributed by atoms with van der Waals surface area (Å²) in [6.07, 6.45) is 1.60. The molecule has 1 aliphatic heterocycles. The van der Waals surface area contributed by atoms with Gasteiger partial charge in [-0.05, 0) is 24.3 Å². The van der Waals surface area contributed by atoms with Crippen LogP contribution in [0.25, 0.3) is 6.08 Å². The van der Waals surface area contributed by atoms with Gasteiger partial charge in [0, 0.05) is 18.1 Å². The Labute approximate surface area is 132 Å². The van der Waals surface area contributed by atoms with Gasteiger partial charge in [-0.3, -0.25) is 9.59 Å². The molecule has 0 unspecified atom stereocenters. The number of hydrogen-bond acceptors (Lipinski definition) is 4. The maximum atomic E-state index is 13.7. The average Bonchev–Trinajstić information content (AvgIpc) is 2.85. The predicted molar refractivity (Wildman–Crippen MR) is 81.7 cm³/mol. The molecule has 0 spiro atoms. The molecule has 1 aliphatic rings. The first-order valence-corrected chi connectivity index (χ1v) is 7.12. The summed E-state index contributed by atoms with van der Waals surface area (Å²) >= 11 is 0. The van der Waals surface area contributed by atoms with Gasteiger partial charge in [0.25, 0.3) is 0 Å². The van der Waals surface area contributed by atoms with Gasteiger partial charge in [-0.2, -0.15) is 0 Å². The number of allylic oxidation sites excluding steroid dienone is 1. The quantitative estimate of drug-likeness (QED) is 0.492. The Kier molecular flexibility index (Phi) is 3.93. The Bertz CT molecular complexity index is 824. The lowest BCUT2D eigenvalue weighted by atomic mass is 10.1. The fourth-order valence-corrected chi connectivity index (χ4v) is 2.17. The Hall–Kier alpha value is -2.95. The van der Waals surface area contributed by atoms with Crippen LogP contribution in [0.15, 0.2) is 48.2 Å². The first-order valence-electron chi connectivity index (χ1n) is 7.12. The molecule has 0 radical (unpaired) electrons. The van der Waals surface area contributed by atoms with Crippen LogP contribution in [0.2, 0.25) is 0 Å². The van der Waals surface area contributed by atoms with E-state index in [1.807, 2.05) is 0 Å². The topological polar surface area (TPSA) is 52.6 Å². The van der Waals surface area contributed by atoms with Crippen molar-refractivity contribution in [3.8, 4) is 11.5 Å². The van der Waals surface area contributed by atoms with E-state index in [4.69, 9.17) is 9.47 Å². The largest absolute Gasteiger partial charge is 0.452 e. The molecule has 0 N–H and O–H groups in total. The molecule has 0 aromatic heterocycles. The number of halogens is 1. The molecule has 116 valence electrons. The minimum absolute atomic E-state index is 0.0315. The van der Waals surface area contributed by atoms with E-state index >= 15 is 0 Å². The van der Waals surface area contributed by atoms with Crippen LogP contribution in [-0.4, -0.2) is 11.8 Å². The zero-order valence-corrected chi connectivity index (χ0v) is 12.3.